The number of hydrogen-bond donors (Lipinski definition) is 3. The Balaban J connectivity index is 1.26. The van der Waals surface area contributed by atoms with E-state index in [1.807, 2.05) is 36.8 Å². The number of fused-ring (bicyclic) bond motifs is 2. The largest absolute Gasteiger partial charge is 0.357 e. The van der Waals surface area contributed by atoms with Crippen molar-refractivity contribution in [3.63, 3.8) is 0 Å². The van der Waals surface area contributed by atoms with Crippen LogP contribution in [0.15, 0.2) is 72.4 Å². The van der Waals surface area contributed by atoms with Crippen molar-refractivity contribution < 1.29 is 0 Å². The second-order valence-corrected chi connectivity index (χ2v) is 10.2. The molecule has 0 spiro atoms. The van der Waals surface area contributed by atoms with Crippen LogP contribution in [0.4, 0.5) is 5.69 Å². The quantitative estimate of drug-likeness (QED) is 0.236. The minimum atomic E-state index is 0.442. The van der Waals surface area contributed by atoms with Gasteiger partial charge in [0.25, 0.3) is 0 Å². The molecule has 2 aliphatic rings. The summed E-state index contributed by atoms with van der Waals surface area (Å²) in [5.74, 6) is 1.10. The number of rotatable bonds is 6. The van der Waals surface area contributed by atoms with Crippen LogP contribution in [0.2, 0.25) is 0 Å². The van der Waals surface area contributed by atoms with E-state index in [0.29, 0.717) is 17.4 Å². The van der Waals surface area contributed by atoms with Gasteiger partial charge in [0.15, 0.2) is 11.5 Å². The van der Waals surface area contributed by atoms with Gasteiger partial charge in [0, 0.05) is 23.7 Å². The third kappa shape index (κ3) is 3.89. The van der Waals surface area contributed by atoms with Gasteiger partial charge in [-0.3, -0.25) is 15.1 Å². The molecule has 5 heterocycles. The van der Waals surface area contributed by atoms with Gasteiger partial charge < -0.3 is 10.3 Å². The molecule has 38 heavy (non-hydrogen) atoms. The van der Waals surface area contributed by atoms with Crippen LogP contribution in [0.3, 0.4) is 0 Å². The zero-order valence-electron chi connectivity index (χ0n) is 21.4. The predicted molar refractivity (Wildman–Crippen MR) is 151 cm³/mol. The Morgan fingerprint density at radius 3 is 2.68 bits per heavy atom. The number of hydrogen-bond acceptors (Lipinski definition) is 6. The summed E-state index contributed by atoms with van der Waals surface area (Å²) in [6.45, 7) is 4.47. The first-order valence-electron chi connectivity index (χ1n) is 13.2. The lowest BCUT2D eigenvalue weighted by atomic mass is 9.87. The van der Waals surface area contributed by atoms with Crippen molar-refractivity contribution in [2.75, 3.05) is 5.32 Å². The summed E-state index contributed by atoms with van der Waals surface area (Å²) in [7, 11) is 0. The Bertz CT molecular complexity index is 1780. The van der Waals surface area contributed by atoms with E-state index in [-0.39, 0.29) is 0 Å². The van der Waals surface area contributed by atoms with Gasteiger partial charge in [-0.05, 0) is 61.4 Å². The zero-order valence-corrected chi connectivity index (χ0v) is 21.4. The second-order valence-electron chi connectivity index (χ2n) is 10.2. The van der Waals surface area contributed by atoms with E-state index in [0.717, 1.165) is 56.7 Å². The lowest BCUT2D eigenvalue weighted by Gasteiger charge is -2.25. The van der Waals surface area contributed by atoms with Crippen molar-refractivity contribution >= 4 is 33.3 Å². The standard InChI is InChI=1S/C30H28N8/c1-17(2)25(18-8-5-9-18)33-21-14-20(15-31-16-21)22-10-11-24-28(34-22)29(38-37-24)30-35-23-12-13-32-26(27(23)36-30)19-6-3-4-7-19/h3,6-7,10-17,33H,4-5,8-9H2,1-2H3,(H,35,36)(H,37,38). The maximum Gasteiger partial charge on any atom is 0.161 e. The molecule has 5 aromatic heterocycles. The van der Waals surface area contributed by atoms with Crippen LogP contribution in [-0.4, -0.2) is 35.1 Å². The maximum atomic E-state index is 5.00. The summed E-state index contributed by atoms with van der Waals surface area (Å²) in [5.41, 5.74) is 11.6. The average Bonchev–Trinajstić information content (AvgIpc) is 3.66. The van der Waals surface area contributed by atoms with E-state index in [4.69, 9.17) is 9.97 Å². The minimum Gasteiger partial charge on any atom is -0.357 e. The molecule has 188 valence electrons. The third-order valence-corrected chi connectivity index (χ3v) is 7.31. The Morgan fingerprint density at radius 2 is 1.89 bits per heavy atom. The summed E-state index contributed by atoms with van der Waals surface area (Å²) in [6.07, 6.45) is 16.5. The Hall–Kier alpha value is -4.59. The summed E-state index contributed by atoms with van der Waals surface area (Å²) < 4.78 is 0. The van der Waals surface area contributed by atoms with E-state index in [2.05, 4.69) is 68.6 Å². The molecule has 1 fully saturated rings. The van der Waals surface area contributed by atoms with Gasteiger partial charge in [0.1, 0.15) is 11.0 Å². The SMILES string of the molecule is CC(C)C(Nc1cncc(-c2ccc3[nH]nc(-c4nc5c(C6=CCC=C6)nccc5[nH]4)c3n2)c1)=C1CCC1. The number of imidazole rings is 1. The van der Waals surface area contributed by atoms with Crippen LogP contribution in [-0.2, 0) is 0 Å². The predicted octanol–water partition coefficient (Wildman–Crippen LogP) is 6.81. The fourth-order valence-electron chi connectivity index (χ4n) is 5.18. The van der Waals surface area contributed by atoms with Crippen LogP contribution in [0.1, 0.15) is 45.2 Å². The van der Waals surface area contributed by atoms with E-state index in [1.54, 1.807) is 0 Å². The van der Waals surface area contributed by atoms with Crippen molar-refractivity contribution in [1.29, 1.82) is 0 Å². The van der Waals surface area contributed by atoms with E-state index in [9.17, 15) is 0 Å². The number of pyridine rings is 3. The van der Waals surface area contributed by atoms with E-state index >= 15 is 0 Å². The summed E-state index contributed by atoms with van der Waals surface area (Å²) in [4.78, 5) is 22.4. The normalized spacial score (nSPS) is 14.9. The van der Waals surface area contributed by atoms with Crippen molar-refractivity contribution in [3.05, 3.63) is 78.0 Å². The third-order valence-electron chi connectivity index (χ3n) is 7.31. The number of nitrogens with zero attached hydrogens (tertiary/aromatic N) is 5. The first-order chi connectivity index (χ1) is 18.6. The number of allylic oxidation sites excluding steroid dienone is 6. The number of anilines is 1. The van der Waals surface area contributed by atoms with Crippen LogP contribution in [0.5, 0.6) is 0 Å². The van der Waals surface area contributed by atoms with Crippen LogP contribution >= 0.6 is 0 Å². The summed E-state index contributed by atoms with van der Waals surface area (Å²) >= 11 is 0. The first kappa shape index (κ1) is 22.6. The monoisotopic (exact) mass is 500 g/mol. The summed E-state index contributed by atoms with van der Waals surface area (Å²) in [6, 6.07) is 8.06. The molecule has 8 nitrogen and oxygen atoms in total. The van der Waals surface area contributed by atoms with Gasteiger partial charge in [0.05, 0.1) is 34.3 Å². The zero-order chi connectivity index (χ0) is 25.6. The highest BCUT2D eigenvalue weighted by Crippen LogP contribution is 2.34. The van der Waals surface area contributed by atoms with Crippen LogP contribution in [0, 0.1) is 5.92 Å². The average molecular weight is 501 g/mol. The van der Waals surface area contributed by atoms with Crippen LogP contribution in [0.25, 0.3) is 50.4 Å². The fourth-order valence-corrected chi connectivity index (χ4v) is 5.18. The van der Waals surface area contributed by atoms with Gasteiger partial charge in [-0.15, -0.1) is 0 Å². The molecular weight excluding hydrogens is 472 g/mol. The highest BCUT2D eigenvalue weighted by atomic mass is 15.2. The Morgan fingerprint density at radius 1 is 1.00 bits per heavy atom. The number of aromatic amines is 2. The second kappa shape index (κ2) is 9.06. The fraction of sp³-hybridized carbons (Fsp3) is 0.233. The first-order valence-corrected chi connectivity index (χ1v) is 13.2. The van der Waals surface area contributed by atoms with Gasteiger partial charge >= 0.3 is 0 Å². The molecule has 5 aromatic rings. The molecule has 0 radical (unpaired) electrons. The molecule has 2 aliphatic carbocycles. The topological polar surface area (TPSA) is 108 Å². The minimum absolute atomic E-state index is 0.442. The highest BCUT2D eigenvalue weighted by molar-refractivity contribution is 5.95. The number of H-pyrrole nitrogens is 2. The van der Waals surface area contributed by atoms with Gasteiger partial charge in [-0.2, -0.15) is 5.10 Å². The molecule has 0 amide bonds. The molecule has 0 unspecified atom stereocenters. The van der Waals surface area contributed by atoms with Crippen LogP contribution < -0.4 is 5.32 Å². The maximum absolute atomic E-state index is 5.00. The molecule has 1 saturated carbocycles. The number of nitrogens with one attached hydrogen (secondary N) is 3. The Labute approximate surface area is 220 Å². The molecule has 8 heteroatoms. The van der Waals surface area contributed by atoms with E-state index in [1.165, 1.54) is 30.5 Å². The van der Waals surface area contributed by atoms with Gasteiger partial charge in [-0.1, -0.05) is 37.6 Å². The molecule has 3 N–H and O–H groups in total. The summed E-state index contributed by atoms with van der Waals surface area (Å²) in [5, 5.41) is 11.3. The van der Waals surface area contributed by atoms with Gasteiger partial charge in [-0.25, -0.2) is 9.97 Å². The molecule has 0 aliphatic heterocycles. The van der Waals surface area contributed by atoms with Crippen molar-refractivity contribution in [1.82, 2.24) is 35.1 Å². The molecule has 0 bridgehead atoms. The van der Waals surface area contributed by atoms with E-state index < -0.39 is 0 Å². The lowest BCUT2D eigenvalue weighted by Crippen LogP contribution is -2.14. The van der Waals surface area contributed by atoms with Crippen molar-refractivity contribution in [2.24, 2.45) is 5.92 Å². The smallest absolute Gasteiger partial charge is 0.161 e. The lowest BCUT2D eigenvalue weighted by molar-refractivity contribution is 0.620. The molecular formula is C30H28N8. The number of aromatic nitrogens is 7. The molecule has 0 saturated heterocycles. The Kier molecular flexibility index (Phi) is 5.39. The van der Waals surface area contributed by atoms with Crippen molar-refractivity contribution in [3.8, 4) is 22.8 Å². The highest BCUT2D eigenvalue weighted by Gasteiger charge is 2.19. The van der Waals surface area contributed by atoms with Gasteiger partial charge in [0.2, 0.25) is 0 Å². The molecule has 0 aromatic carbocycles. The molecule has 7 rings (SSSR count). The molecule has 0 atom stereocenters. The van der Waals surface area contributed by atoms with Crippen molar-refractivity contribution in [2.45, 2.75) is 39.5 Å².